The molecule has 1 heterocycles. The number of carbonyl (C=O) groups is 1. The van der Waals surface area contributed by atoms with Gasteiger partial charge in [0.05, 0.1) is 5.69 Å². The Morgan fingerprint density at radius 1 is 0.960 bits per heavy atom. The van der Waals surface area contributed by atoms with E-state index in [1.807, 2.05) is 0 Å². The van der Waals surface area contributed by atoms with Crippen LogP contribution in [-0.4, -0.2) is 36.0 Å². The van der Waals surface area contributed by atoms with Crippen molar-refractivity contribution in [1.29, 1.82) is 0 Å². The number of benzene rings is 2. The normalized spacial score (nSPS) is 10.6. The molecule has 8 nitrogen and oxygen atoms in total. The molecule has 3 rings (SSSR count). The Morgan fingerprint density at radius 3 is 2.00 bits per heavy atom. The van der Waals surface area contributed by atoms with Crippen LogP contribution >= 0.6 is 24.4 Å². The predicted octanol–water partition coefficient (Wildman–Crippen LogP) is 2.96. The molecule has 0 aliphatic carbocycles. The lowest BCUT2D eigenvalue weighted by Crippen LogP contribution is -2.11. The molecule has 3 aromatic rings. The van der Waals surface area contributed by atoms with Crippen molar-refractivity contribution in [1.82, 2.24) is 14.8 Å². The van der Waals surface area contributed by atoms with Crippen molar-refractivity contribution in [3.63, 3.8) is 0 Å². The molecule has 128 valence electrons. The summed E-state index contributed by atoms with van der Waals surface area (Å²) < 4.78 is 2.44. The van der Waals surface area contributed by atoms with Gasteiger partial charge < -0.3 is 20.6 Å². The number of aromatic hydroxyl groups is 3. The molecule has 0 atom stereocenters. The summed E-state index contributed by atoms with van der Waals surface area (Å²) in [5.74, 6) is -2.41. The molecule has 0 unspecified atom stereocenters. The number of phenolic OH excluding ortho intramolecular Hbond substituents is 3. The molecule has 25 heavy (non-hydrogen) atoms. The maximum Gasteiger partial charge on any atom is 0.255 e. The van der Waals surface area contributed by atoms with Crippen molar-refractivity contribution in [3.05, 3.63) is 51.5 Å². The van der Waals surface area contributed by atoms with Gasteiger partial charge in [0.15, 0.2) is 26.8 Å². The summed E-state index contributed by atoms with van der Waals surface area (Å²) in [6, 6.07) is 8.84. The Kier molecular flexibility index (Phi) is 4.30. The lowest BCUT2D eigenvalue weighted by atomic mass is 10.1. The fourth-order valence-corrected chi connectivity index (χ4v) is 2.73. The third kappa shape index (κ3) is 3.25. The van der Waals surface area contributed by atoms with E-state index in [0.29, 0.717) is 20.9 Å². The van der Waals surface area contributed by atoms with Crippen molar-refractivity contribution < 1.29 is 20.1 Å². The van der Waals surface area contributed by atoms with Crippen LogP contribution in [0.1, 0.15) is 10.4 Å². The Bertz CT molecular complexity index is 1020. The minimum atomic E-state index is -0.680. The van der Waals surface area contributed by atoms with Gasteiger partial charge in [-0.2, -0.15) is 0 Å². The van der Waals surface area contributed by atoms with E-state index in [9.17, 15) is 20.1 Å². The van der Waals surface area contributed by atoms with Gasteiger partial charge >= 0.3 is 0 Å². The van der Waals surface area contributed by atoms with Crippen LogP contribution < -0.4 is 5.32 Å². The Labute approximate surface area is 151 Å². The largest absolute Gasteiger partial charge is 0.504 e. The first-order valence-electron chi connectivity index (χ1n) is 6.93. The van der Waals surface area contributed by atoms with Gasteiger partial charge in [-0.3, -0.25) is 19.6 Å². The number of rotatable bonds is 3. The lowest BCUT2D eigenvalue weighted by molar-refractivity contribution is 0.102. The third-order valence-electron chi connectivity index (χ3n) is 3.40. The molecule has 2 aromatic carbocycles. The van der Waals surface area contributed by atoms with E-state index in [2.05, 4.69) is 15.5 Å². The van der Waals surface area contributed by atoms with Gasteiger partial charge in [-0.05, 0) is 60.8 Å². The van der Waals surface area contributed by atoms with Crippen LogP contribution in [-0.2, 0) is 0 Å². The molecule has 0 bridgehead atoms. The highest BCUT2D eigenvalue weighted by molar-refractivity contribution is 7.72. The summed E-state index contributed by atoms with van der Waals surface area (Å²) in [5, 5.41) is 36.3. The number of hydrogen-bond donors (Lipinski definition) is 6. The van der Waals surface area contributed by atoms with Crippen LogP contribution in [0.25, 0.3) is 5.69 Å². The molecular formula is C15H12N4O4S2. The number of nitrogens with zero attached hydrogens (tertiary/aromatic N) is 1. The summed E-state index contributed by atoms with van der Waals surface area (Å²) in [6.45, 7) is 0. The minimum Gasteiger partial charge on any atom is -0.504 e. The van der Waals surface area contributed by atoms with Crippen molar-refractivity contribution >= 4 is 36.0 Å². The minimum absolute atomic E-state index is 0.00725. The second-order valence-electron chi connectivity index (χ2n) is 5.06. The van der Waals surface area contributed by atoms with Crippen LogP contribution in [0.2, 0.25) is 0 Å². The molecule has 0 saturated heterocycles. The summed E-state index contributed by atoms with van der Waals surface area (Å²) in [6.07, 6.45) is 0. The number of nitrogens with one attached hydrogen (secondary N) is 3. The SMILES string of the molecule is O=C(Nc1ccc(-n2c(=S)[nH][nH]c2=S)cc1)c1cc(O)c(O)c(O)c1. The number of phenols is 3. The van der Waals surface area contributed by atoms with E-state index < -0.39 is 23.2 Å². The molecule has 0 aliphatic rings. The van der Waals surface area contributed by atoms with Crippen molar-refractivity contribution in [2.24, 2.45) is 0 Å². The summed E-state index contributed by atoms with van der Waals surface area (Å²) >= 11 is 10.3. The number of carbonyl (C=O) groups excluding carboxylic acids is 1. The highest BCUT2D eigenvalue weighted by Crippen LogP contribution is 2.35. The van der Waals surface area contributed by atoms with Crippen LogP contribution in [0.3, 0.4) is 0 Å². The van der Waals surface area contributed by atoms with Crippen LogP contribution in [0.15, 0.2) is 36.4 Å². The van der Waals surface area contributed by atoms with Crippen LogP contribution in [0.4, 0.5) is 5.69 Å². The molecule has 0 radical (unpaired) electrons. The smallest absolute Gasteiger partial charge is 0.255 e. The Balaban J connectivity index is 1.83. The van der Waals surface area contributed by atoms with Gasteiger partial charge in [0.1, 0.15) is 0 Å². The zero-order valence-electron chi connectivity index (χ0n) is 12.5. The van der Waals surface area contributed by atoms with E-state index in [0.717, 1.165) is 12.1 Å². The van der Waals surface area contributed by atoms with Crippen molar-refractivity contribution in [3.8, 4) is 22.9 Å². The first-order chi connectivity index (χ1) is 11.9. The monoisotopic (exact) mass is 376 g/mol. The van der Waals surface area contributed by atoms with Gasteiger partial charge in [-0.1, -0.05) is 0 Å². The van der Waals surface area contributed by atoms with E-state index in [1.54, 1.807) is 28.8 Å². The number of H-pyrrole nitrogens is 2. The first kappa shape index (κ1) is 16.7. The van der Waals surface area contributed by atoms with Crippen molar-refractivity contribution in [2.75, 3.05) is 5.32 Å². The average Bonchev–Trinajstić information content (AvgIpc) is 2.91. The molecule has 10 heteroatoms. The third-order valence-corrected chi connectivity index (χ3v) is 3.97. The molecule has 0 saturated carbocycles. The van der Waals surface area contributed by atoms with E-state index >= 15 is 0 Å². The fraction of sp³-hybridized carbons (Fsp3) is 0. The van der Waals surface area contributed by atoms with Gasteiger partial charge in [0, 0.05) is 11.3 Å². The van der Waals surface area contributed by atoms with Gasteiger partial charge in [-0.25, -0.2) is 0 Å². The molecule has 0 spiro atoms. The maximum atomic E-state index is 12.2. The molecule has 6 N–H and O–H groups in total. The number of hydrogen-bond acceptors (Lipinski definition) is 6. The van der Waals surface area contributed by atoms with E-state index in [4.69, 9.17) is 24.4 Å². The zero-order chi connectivity index (χ0) is 18.1. The molecule has 1 amide bonds. The molecule has 0 fully saturated rings. The number of aromatic nitrogens is 3. The Hall–Kier alpha value is -3.11. The first-order valence-corrected chi connectivity index (χ1v) is 7.75. The summed E-state index contributed by atoms with van der Waals surface area (Å²) in [5.41, 5.74) is 1.19. The second kappa shape index (κ2) is 6.42. The van der Waals surface area contributed by atoms with Gasteiger partial charge in [0.2, 0.25) is 0 Å². The molecular weight excluding hydrogens is 364 g/mol. The second-order valence-corrected chi connectivity index (χ2v) is 5.83. The van der Waals surface area contributed by atoms with Crippen molar-refractivity contribution in [2.45, 2.75) is 0 Å². The number of anilines is 1. The number of amides is 1. The summed E-state index contributed by atoms with van der Waals surface area (Å²) in [7, 11) is 0. The lowest BCUT2D eigenvalue weighted by Gasteiger charge is -2.08. The standard InChI is InChI=1S/C15H12N4O4S2/c20-10-5-7(6-11(21)12(10)22)13(23)16-8-1-3-9(4-2-8)19-14(24)17-18-15(19)25/h1-6,20-22H,(H,16,23)(H,17,24)(H,18,25). The Morgan fingerprint density at radius 2 is 1.48 bits per heavy atom. The summed E-state index contributed by atoms with van der Waals surface area (Å²) in [4.78, 5) is 12.2. The highest BCUT2D eigenvalue weighted by atomic mass is 32.1. The molecule has 0 aliphatic heterocycles. The fourth-order valence-electron chi connectivity index (χ4n) is 2.18. The highest BCUT2D eigenvalue weighted by Gasteiger charge is 2.13. The van der Waals surface area contributed by atoms with Crippen LogP contribution in [0, 0.1) is 9.54 Å². The van der Waals surface area contributed by atoms with E-state index in [-0.39, 0.29) is 5.56 Å². The predicted molar refractivity (Wildman–Crippen MR) is 95.5 cm³/mol. The number of aromatic amines is 2. The average molecular weight is 376 g/mol. The van der Waals surface area contributed by atoms with Crippen LogP contribution in [0.5, 0.6) is 17.2 Å². The van der Waals surface area contributed by atoms with E-state index in [1.165, 1.54) is 0 Å². The van der Waals surface area contributed by atoms with Gasteiger partial charge in [0.25, 0.3) is 5.91 Å². The quantitative estimate of drug-likeness (QED) is 0.308. The topological polar surface area (TPSA) is 126 Å². The van der Waals surface area contributed by atoms with Gasteiger partial charge in [-0.15, -0.1) is 0 Å². The zero-order valence-corrected chi connectivity index (χ0v) is 14.1. The maximum absolute atomic E-state index is 12.2. The molecule has 1 aromatic heterocycles.